The lowest BCUT2D eigenvalue weighted by Crippen LogP contribution is -2.56. The highest BCUT2D eigenvalue weighted by atomic mass is 19.3. The second kappa shape index (κ2) is 10.4. The van der Waals surface area contributed by atoms with Gasteiger partial charge in [-0.2, -0.15) is 10.2 Å². The molecule has 0 aliphatic carbocycles. The molecule has 3 aromatic rings. The Hall–Kier alpha value is -3.67. The second-order valence-electron chi connectivity index (χ2n) is 9.50. The van der Waals surface area contributed by atoms with E-state index in [0.717, 1.165) is 31.5 Å². The van der Waals surface area contributed by atoms with E-state index >= 15 is 0 Å². The van der Waals surface area contributed by atoms with Crippen LogP contribution in [-0.4, -0.2) is 78.4 Å². The van der Waals surface area contributed by atoms with Gasteiger partial charge in [0.2, 0.25) is 5.91 Å². The molecule has 2 saturated heterocycles. The van der Waals surface area contributed by atoms with Crippen molar-refractivity contribution < 1.29 is 18.4 Å². The van der Waals surface area contributed by atoms with Gasteiger partial charge in [0, 0.05) is 63.6 Å². The smallest absolute Gasteiger partial charge is 0.284 e. The van der Waals surface area contributed by atoms with Crippen LogP contribution in [0.5, 0.6) is 0 Å². The number of carbonyl (C=O) groups is 2. The SMILES string of the molecule is CCn1cc(-c2cccc(C(=O)Nc3cn(C4CN(C5CCN(C(C)=O)CC5)C4)nc3C(F)F)n2)cn1. The zero-order chi connectivity index (χ0) is 26.1. The normalized spacial score (nSPS) is 17.3. The summed E-state index contributed by atoms with van der Waals surface area (Å²) in [6.45, 7) is 7.13. The number of carbonyl (C=O) groups excluding carboxylic acids is 2. The van der Waals surface area contributed by atoms with Gasteiger partial charge in [0.05, 0.1) is 23.6 Å². The molecule has 5 heterocycles. The van der Waals surface area contributed by atoms with Crippen LogP contribution in [0.15, 0.2) is 36.8 Å². The Kier molecular flexibility index (Phi) is 7.00. The minimum atomic E-state index is -2.83. The summed E-state index contributed by atoms with van der Waals surface area (Å²) in [4.78, 5) is 33.0. The number of aromatic nitrogens is 5. The fourth-order valence-electron chi connectivity index (χ4n) is 4.93. The van der Waals surface area contributed by atoms with Gasteiger partial charge in [-0.25, -0.2) is 13.8 Å². The predicted molar refractivity (Wildman–Crippen MR) is 132 cm³/mol. The van der Waals surface area contributed by atoms with Crippen molar-refractivity contribution in [2.24, 2.45) is 0 Å². The van der Waals surface area contributed by atoms with Crippen LogP contribution in [-0.2, 0) is 11.3 Å². The highest BCUT2D eigenvalue weighted by molar-refractivity contribution is 6.03. The quantitative estimate of drug-likeness (QED) is 0.522. The number of halogens is 2. The van der Waals surface area contributed by atoms with E-state index in [1.807, 2.05) is 18.0 Å². The van der Waals surface area contributed by atoms with Crippen molar-refractivity contribution in [3.8, 4) is 11.3 Å². The third-order valence-corrected chi connectivity index (χ3v) is 7.14. The van der Waals surface area contributed by atoms with E-state index in [2.05, 4.69) is 25.4 Å². The van der Waals surface area contributed by atoms with Crippen LogP contribution in [0.2, 0.25) is 0 Å². The van der Waals surface area contributed by atoms with Crippen molar-refractivity contribution in [2.45, 2.75) is 51.7 Å². The number of rotatable bonds is 7. The van der Waals surface area contributed by atoms with Gasteiger partial charge in [-0.15, -0.1) is 0 Å². The lowest BCUT2D eigenvalue weighted by atomic mass is 9.97. The molecular formula is C25H30F2N8O2. The number of nitrogens with one attached hydrogen (secondary N) is 1. The topological polar surface area (TPSA) is 101 Å². The van der Waals surface area contributed by atoms with Crippen LogP contribution in [0.1, 0.15) is 55.3 Å². The van der Waals surface area contributed by atoms with Crippen LogP contribution < -0.4 is 5.32 Å². The van der Waals surface area contributed by atoms with Gasteiger partial charge in [-0.05, 0) is 31.9 Å². The summed E-state index contributed by atoms with van der Waals surface area (Å²) < 4.78 is 30.8. The van der Waals surface area contributed by atoms with Gasteiger partial charge in [0.15, 0.2) is 5.69 Å². The third-order valence-electron chi connectivity index (χ3n) is 7.14. The molecule has 0 atom stereocenters. The first-order chi connectivity index (χ1) is 17.8. The molecule has 0 aromatic carbocycles. The van der Waals surface area contributed by atoms with Gasteiger partial charge in [-0.3, -0.25) is 23.9 Å². The number of nitrogens with zero attached hydrogens (tertiary/aromatic N) is 7. The zero-order valence-corrected chi connectivity index (χ0v) is 20.8. The van der Waals surface area contributed by atoms with Gasteiger partial charge in [-0.1, -0.05) is 6.07 Å². The Morgan fingerprint density at radius 3 is 2.54 bits per heavy atom. The standard InChI is InChI=1S/C25H30F2N8O2/c1-3-34-12-17(11-28-34)20-5-4-6-21(29-20)25(37)30-22-15-35(31-23(22)24(26)27)19-13-33(14-19)18-7-9-32(10-8-18)16(2)36/h4-6,11-12,15,18-19,24H,3,7-10,13-14H2,1-2H3,(H,30,37). The van der Waals surface area contributed by atoms with E-state index in [0.29, 0.717) is 31.4 Å². The first-order valence-corrected chi connectivity index (χ1v) is 12.5. The molecule has 2 aliphatic rings. The van der Waals surface area contributed by atoms with Gasteiger partial charge in [0.1, 0.15) is 5.69 Å². The van der Waals surface area contributed by atoms with Crippen molar-refractivity contribution in [3.05, 3.63) is 48.2 Å². The molecule has 2 fully saturated rings. The lowest BCUT2D eigenvalue weighted by molar-refractivity contribution is -0.130. The molecule has 12 heteroatoms. The lowest BCUT2D eigenvalue weighted by Gasteiger charge is -2.47. The highest BCUT2D eigenvalue weighted by Gasteiger charge is 2.36. The molecule has 0 unspecified atom stereocenters. The van der Waals surface area contributed by atoms with Gasteiger partial charge >= 0.3 is 0 Å². The van der Waals surface area contributed by atoms with E-state index in [4.69, 9.17) is 0 Å². The fraction of sp³-hybridized carbons (Fsp3) is 0.480. The van der Waals surface area contributed by atoms with Crippen LogP contribution in [0.3, 0.4) is 0 Å². The maximum atomic E-state index is 13.8. The van der Waals surface area contributed by atoms with E-state index in [-0.39, 0.29) is 23.3 Å². The molecule has 5 rings (SSSR count). The van der Waals surface area contributed by atoms with Crippen LogP contribution in [0, 0.1) is 0 Å². The Bertz CT molecular complexity index is 1280. The van der Waals surface area contributed by atoms with Crippen LogP contribution in [0.25, 0.3) is 11.3 Å². The van der Waals surface area contributed by atoms with E-state index in [9.17, 15) is 18.4 Å². The molecule has 0 saturated carbocycles. The number of amides is 2. The first kappa shape index (κ1) is 25.0. The number of likely N-dealkylation sites (tertiary alicyclic amines) is 2. The Morgan fingerprint density at radius 1 is 1.14 bits per heavy atom. The molecular weight excluding hydrogens is 482 g/mol. The summed E-state index contributed by atoms with van der Waals surface area (Å²) in [6, 6.07) is 5.32. The number of piperidine rings is 1. The summed E-state index contributed by atoms with van der Waals surface area (Å²) in [7, 11) is 0. The minimum absolute atomic E-state index is 0.0146. The molecule has 0 radical (unpaired) electrons. The monoisotopic (exact) mass is 512 g/mol. The number of pyridine rings is 1. The summed E-state index contributed by atoms with van der Waals surface area (Å²) in [5.41, 5.74) is 0.975. The number of hydrogen-bond donors (Lipinski definition) is 1. The second-order valence-corrected chi connectivity index (χ2v) is 9.50. The van der Waals surface area contributed by atoms with Gasteiger partial charge < -0.3 is 10.2 Å². The Balaban J connectivity index is 1.24. The fourth-order valence-corrected chi connectivity index (χ4v) is 4.93. The first-order valence-electron chi connectivity index (χ1n) is 12.5. The van der Waals surface area contributed by atoms with Crippen molar-refractivity contribution in [1.82, 2.24) is 34.3 Å². The van der Waals surface area contributed by atoms with Crippen molar-refractivity contribution >= 4 is 17.5 Å². The molecule has 2 amide bonds. The molecule has 37 heavy (non-hydrogen) atoms. The molecule has 3 aromatic heterocycles. The van der Waals surface area contributed by atoms with E-state index < -0.39 is 18.0 Å². The predicted octanol–water partition coefficient (Wildman–Crippen LogP) is 3.22. The maximum absolute atomic E-state index is 13.8. The van der Waals surface area contributed by atoms with Gasteiger partial charge in [0.25, 0.3) is 12.3 Å². The molecule has 196 valence electrons. The maximum Gasteiger partial charge on any atom is 0.284 e. The van der Waals surface area contributed by atoms with E-state index in [1.54, 1.807) is 29.9 Å². The molecule has 10 nitrogen and oxygen atoms in total. The van der Waals surface area contributed by atoms with Crippen molar-refractivity contribution in [1.29, 1.82) is 0 Å². The number of aryl methyl sites for hydroxylation is 1. The van der Waals surface area contributed by atoms with Crippen LogP contribution >= 0.6 is 0 Å². The molecule has 0 spiro atoms. The summed E-state index contributed by atoms with van der Waals surface area (Å²) in [5.74, 6) is -0.487. The van der Waals surface area contributed by atoms with Crippen molar-refractivity contribution in [3.63, 3.8) is 0 Å². The summed E-state index contributed by atoms with van der Waals surface area (Å²) in [6.07, 6.45) is 3.95. The Labute approximate surface area is 213 Å². The average Bonchev–Trinajstić information content (AvgIpc) is 3.51. The number of anilines is 1. The molecule has 0 bridgehead atoms. The zero-order valence-electron chi connectivity index (χ0n) is 20.8. The number of alkyl halides is 2. The summed E-state index contributed by atoms with van der Waals surface area (Å²) in [5, 5.41) is 10.9. The van der Waals surface area contributed by atoms with E-state index in [1.165, 1.54) is 16.9 Å². The number of hydrogen-bond acceptors (Lipinski definition) is 6. The highest BCUT2D eigenvalue weighted by Crippen LogP contribution is 2.32. The van der Waals surface area contributed by atoms with Crippen molar-refractivity contribution in [2.75, 3.05) is 31.5 Å². The molecule has 1 N–H and O–H groups in total. The largest absolute Gasteiger partial charge is 0.343 e. The molecule has 2 aliphatic heterocycles. The third kappa shape index (κ3) is 5.24. The Morgan fingerprint density at radius 2 is 1.89 bits per heavy atom. The van der Waals surface area contributed by atoms with Crippen LogP contribution in [0.4, 0.5) is 14.5 Å². The summed E-state index contributed by atoms with van der Waals surface area (Å²) >= 11 is 0. The average molecular weight is 513 g/mol. The minimum Gasteiger partial charge on any atom is -0.343 e.